The number of carbonyl (C=O) groups excluding carboxylic acids is 4. The number of nitrogens with zero attached hydrogens (tertiary/aromatic N) is 3. The van der Waals surface area contributed by atoms with E-state index in [-0.39, 0.29) is 54.8 Å². The molecular weight excluding hydrogens is 858 g/mol. The van der Waals surface area contributed by atoms with Crippen molar-refractivity contribution >= 4 is 55.9 Å². The summed E-state index contributed by atoms with van der Waals surface area (Å²) in [7, 11) is -3.97. The number of alkyl halides is 3. The molecule has 64 heavy (non-hydrogen) atoms. The highest BCUT2D eigenvalue weighted by atomic mass is 32.2. The van der Waals surface area contributed by atoms with Crippen LogP contribution in [0.15, 0.2) is 59.0 Å². The number of benzene rings is 2. The summed E-state index contributed by atoms with van der Waals surface area (Å²) in [5.74, 6) is -2.73. The fourth-order valence-electron chi connectivity index (χ4n) is 9.08. The van der Waals surface area contributed by atoms with Crippen LogP contribution < -0.4 is 20.1 Å². The number of amides is 4. The second-order valence-electron chi connectivity index (χ2n) is 17.7. The van der Waals surface area contributed by atoms with Crippen LogP contribution in [0.1, 0.15) is 94.6 Å². The number of furan rings is 1. The molecule has 4 fully saturated rings. The number of nitrogens with one attached hydrogen (secondary N) is 3. The van der Waals surface area contributed by atoms with Crippen molar-refractivity contribution in [3.8, 4) is 17.3 Å². The second kappa shape index (κ2) is 17.0. The molecule has 0 spiro atoms. The molecule has 5 atom stereocenters. The Balaban J connectivity index is 1.06. The number of alkyl carbamates (subject to hydrolysis) is 1. The molecule has 15 nitrogen and oxygen atoms in total. The molecule has 3 saturated carbocycles. The van der Waals surface area contributed by atoms with Gasteiger partial charge in [-0.2, -0.15) is 18.2 Å². The monoisotopic (exact) mass is 906 g/mol. The fourth-order valence-corrected chi connectivity index (χ4v) is 10.4. The molecule has 4 amide bonds. The number of hydrogen-bond donors (Lipinski definition) is 3. The van der Waals surface area contributed by atoms with Gasteiger partial charge in [-0.1, -0.05) is 43.2 Å². The summed E-state index contributed by atoms with van der Waals surface area (Å²) in [5, 5.41) is 5.52. The Morgan fingerprint density at radius 2 is 1.70 bits per heavy atom. The van der Waals surface area contributed by atoms with Crippen LogP contribution in [-0.2, 0) is 35.3 Å². The van der Waals surface area contributed by atoms with Crippen molar-refractivity contribution in [2.24, 2.45) is 5.92 Å². The second-order valence-corrected chi connectivity index (χ2v) is 19.7. The van der Waals surface area contributed by atoms with Gasteiger partial charge < -0.3 is 29.4 Å². The van der Waals surface area contributed by atoms with Gasteiger partial charge in [-0.15, -0.1) is 0 Å². The van der Waals surface area contributed by atoms with Gasteiger partial charge in [-0.25, -0.2) is 18.2 Å². The predicted molar refractivity (Wildman–Crippen MR) is 226 cm³/mol. The van der Waals surface area contributed by atoms with Crippen LogP contribution >= 0.6 is 0 Å². The molecule has 0 unspecified atom stereocenters. The molecule has 4 heterocycles. The van der Waals surface area contributed by atoms with E-state index in [0.29, 0.717) is 61.4 Å². The van der Waals surface area contributed by atoms with Gasteiger partial charge in [-0.3, -0.25) is 19.1 Å². The summed E-state index contributed by atoms with van der Waals surface area (Å²) in [6.45, 7) is 1.69. The maximum absolute atomic E-state index is 14.8. The molecule has 2 aromatic carbocycles. The molecule has 0 bridgehead atoms. The number of ether oxygens (including phenoxy) is 2. The quantitative estimate of drug-likeness (QED) is 0.158. The summed E-state index contributed by atoms with van der Waals surface area (Å²) < 4.78 is 87.1. The van der Waals surface area contributed by atoms with E-state index in [1.54, 1.807) is 12.1 Å². The number of hydrogen-bond acceptors (Lipinski definition) is 11. The van der Waals surface area contributed by atoms with Crippen molar-refractivity contribution < 1.29 is 54.7 Å². The Morgan fingerprint density at radius 3 is 2.44 bits per heavy atom. The minimum atomic E-state index is -4.57. The SMILES string of the molecule is Cc1ccc2c(c1)oc1c(O[C@@H]3C[C@H]4C(=O)N[C@]5(C(=O)NS(=O)(=O)C6CC6)C[C@@H]5/C=C\CCCCC[C@H](NC(=O)OC5CCCC5)C(=O)N4C3)nc(-c3ccc(C(F)(F)F)cc3)nc12. The van der Waals surface area contributed by atoms with E-state index >= 15 is 0 Å². The van der Waals surface area contributed by atoms with Crippen molar-refractivity contribution in [1.82, 2.24) is 30.2 Å². The van der Waals surface area contributed by atoms with Crippen molar-refractivity contribution in [1.29, 1.82) is 0 Å². The van der Waals surface area contributed by atoms with E-state index < -0.39 is 80.5 Å². The Bertz CT molecular complexity index is 2630. The summed E-state index contributed by atoms with van der Waals surface area (Å²) in [5.41, 5.74) is -0.412. The largest absolute Gasteiger partial charge is 0.470 e. The van der Waals surface area contributed by atoms with Crippen LogP contribution in [0.4, 0.5) is 18.0 Å². The molecule has 9 rings (SSSR count). The summed E-state index contributed by atoms with van der Waals surface area (Å²) in [4.78, 5) is 67.2. The van der Waals surface area contributed by atoms with Crippen molar-refractivity contribution in [2.45, 2.75) is 132 Å². The van der Waals surface area contributed by atoms with Crippen LogP contribution in [0.3, 0.4) is 0 Å². The molecule has 3 N–H and O–H groups in total. The highest BCUT2D eigenvalue weighted by Gasteiger charge is 2.62. The van der Waals surface area contributed by atoms with Gasteiger partial charge in [0.1, 0.15) is 40.9 Å². The lowest BCUT2D eigenvalue weighted by Gasteiger charge is -2.30. The number of fused-ring (bicyclic) bond motifs is 5. The Kier molecular flexibility index (Phi) is 11.6. The zero-order chi connectivity index (χ0) is 45.0. The zero-order valence-corrected chi connectivity index (χ0v) is 35.9. The first-order valence-corrected chi connectivity index (χ1v) is 23.5. The summed E-state index contributed by atoms with van der Waals surface area (Å²) in [6.07, 6.45) is 4.22. The minimum Gasteiger partial charge on any atom is -0.470 e. The van der Waals surface area contributed by atoms with Gasteiger partial charge in [0.05, 0.1) is 17.4 Å². The molecule has 4 aromatic rings. The molecule has 0 radical (unpaired) electrons. The first kappa shape index (κ1) is 43.5. The minimum absolute atomic E-state index is 0.0353. The smallest absolute Gasteiger partial charge is 0.416 e. The molecular formula is C45H49F3N6O9S. The highest BCUT2D eigenvalue weighted by Crippen LogP contribution is 2.46. The molecule has 19 heteroatoms. The highest BCUT2D eigenvalue weighted by molar-refractivity contribution is 7.91. The third-order valence-electron chi connectivity index (χ3n) is 12.9. The average molecular weight is 907 g/mol. The van der Waals surface area contributed by atoms with Crippen molar-refractivity contribution in [3.63, 3.8) is 0 Å². The van der Waals surface area contributed by atoms with Crippen LogP contribution in [0.2, 0.25) is 0 Å². The van der Waals surface area contributed by atoms with Crippen LogP contribution in [0, 0.1) is 12.8 Å². The Labute approximate surface area is 366 Å². The molecule has 5 aliphatic rings. The first-order chi connectivity index (χ1) is 30.6. The molecule has 1 saturated heterocycles. The van der Waals surface area contributed by atoms with Gasteiger partial charge in [0, 0.05) is 23.3 Å². The van der Waals surface area contributed by atoms with E-state index in [0.717, 1.165) is 37.0 Å². The van der Waals surface area contributed by atoms with E-state index in [4.69, 9.17) is 18.9 Å². The summed E-state index contributed by atoms with van der Waals surface area (Å²) >= 11 is 0. The van der Waals surface area contributed by atoms with Gasteiger partial charge in [0.15, 0.2) is 5.82 Å². The van der Waals surface area contributed by atoms with E-state index in [1.165, 1.54) is 17.0 Å². The van der Waals surface area contributed by atoms with Gasteiger partial charge >= 0.3 is 12.3 Å². The normalized spacial score (nSPS) is 26.3. The maximum Gasteiger partial charge on any atom is 0.416 e. The number of rotatable bonds is 8. The van der Waals surface area contributed by atoms with Crippen LogP contribution in [-0.4, -0.2) is 88.7 Å². The topological polar surface area (TPSA) is 199 Å². The van der Waals surface area contributed by atoms with Gasteiger partial charge in [0.25, 0.3) is 11.8 Å². The third kappa shape index (κ3) is 8.99. The van der Waals surface area contributed by atoms with Crippen LogP contribution in [0.25, 0.3) is 33.5 Å². The fraction of sp³-hybridized carbons (Fsp3) is 0.511. The zero-order valence-electron chi connectivity index (χ0n) is 35.1. The Morgan fingerprint density at radius 1 is 0.953 bits per heavy atom. The summed E-state index contributed by atoms with van der Waals surface area (Å²) in [6, 6.07) is 7.45. The standard InChI is InChI=1S/C45H49F3N6O9S/c1-25-13-20-32-35(21-25)63-37-36(32)50-38(26-14-16-27(17-15-26)45(46,47)48)51-40(37)61-30-22-34-39(55)52-44(42(57)53-64(59,60)31-18-19-31)23-28(44)9-5-3-2-4-6-12-33(41(56)54(34)24-30)49-43(58)62-29-10-7-8-11-29/h5,9,13-17,20-21,28-31,33-34H,2-4,6-8,10-12,18-19,22-24H2,1H3,(H,49,58)(H,52,55)(H,53,57)/b9-5-/t28-,30+,33-,34-,44+/m0/s1. The lowest BCUT2D eigenvalue weighted by atomic mass is 10.0. The Hall–Kier alpha value is -5.72. The molecule has 3 aliphatic carbocycles. The molecule has 2 aliphatic heterocycles. The first-order valence-electron chi connectivity index (χ1n) is 22.0. The number of halogens is 3. The lowest BCUT2D eigenvalue weighted by molar-refractivity contribution is -0.141. The van der Waals surface area contributed by atoms with E-state index in [2.05, 4.69) is 20.3 Å². The third-order valence-corrected chi connectivity index (χ3v) is 14.7. The number of aryl methyl sites for hydroxylation is 1. The van der Waals surface area contributed by atoms with Gasteiger partial charge in [-0.05, 0) is 101 Å². The van der Waals surface area contributed by atoms with Gasteiger partial charge in [0.2, 0.25) is 27.4 Å². The number of allylic oxidation sites excluding steroid dienone is 1. The van der Waals surface area contributed by atoms with Crippen molar-refractivity contribution in [3.05, 3.63) is 65.7 Å². The van der Waals surface area contributed by atoms with Crippen molar-refractivity contribution in [2.75, 3.05) is 6.54 Å². The maximum atomic E-state index is 14.8. The molecule has 2 aromatic heterocycles. The average Bonchev–Trinajstić information content (AvgIpc) is 4.06. The number of sulfonamides is 1. The predicted octanol–water partition coefficient (Wildman–Crippen LogP) is 6.76. The number of carbonyl (C=O) groups is 4. The molecule has 340 valence electrons. The van der Waals surface area contributed by atoms with Crippen LogP contribution in [0.5, 0.6) is 5.88 Å². The van der Waals surface area contributed by atoms with E-state index in [1.807, 2.05) is 25.1 Å². The lowest BCUT2D eigenvalue weighted by Crippen LogP contribution is -2.58. The number of aromatic nitrogens is 2. The van der Waals surface area contributed by atoms with E-state index in [9.17, 15) is 40.8 Å².